The van der Waals surface area contributed by atoms with Crippen molar-refractivity contribution in [3.8, 4) is 11.4 Å². The van der Waals surface area contributed by atoms with Gasteiger partial charge in [-0.15, -0.1) is 21.5 Å². The maximum atomic E-state index is 13.2. The Morgan fingerprint density at radius 2 is 1.94 bits per heavy atom. The summed E-state index contributed by atoms with van der Waals surface area (Å²) in [6, 6.07) is 13.8. The van der Waals surface area contributed by atoms with Crippen molar-refractivity contribution in [3.05, 3.63) is 71.0 Å². The molecular weight excluding hydrogens is 447 g/mol. The number of para-hydroxylation sites is 1. The van der Waals surface area contributed by atoms with E-state index in [2.05, 4.69) is 22.1 Å². The maximum absolute atomic E-state index is 13.2. The Balaban J connectivity index is 1.51. The zero-order valence-electron chi connectivity index (χ0n) is 17.5. The van der Waals surface area contributed by atoms with E-state index >= 15 is 0 Å². The molecule has 2 N–H and O–H groups in total. The van der Waals surface area contributed by atoms with Crippen molar-refractivity contribution in [1.82, 2.24) is 19.9 Å². The van der Waals surface area contributed by atoms with Crippen molar-refractivity contribution in [1.29, 1.82) is 0 Å². The van der Waals surface area contributed by atoms with Crippen LogP contribution in [0.15, 0.2) is 59.1 Å². The highest BCUT2D eigenvalue weighted by Gasteiger charge is 2.20. The predicted octanol–water partition coefficient (Wildman–Crippen LogP) is 4.79. The standard InChI is InChI=1S/C22H21FN6OS2/c1-3-15-6-4-5-7-19(15)28(14(2)30)21-25-18(12-31-21)13-32-22-27-26-20(29(22)24)16-8-10-17(23)11-9-16/h4-12H,3,13,24H2,1-2H3. The molecule has 0 saturated heterocycles. The van der Waals surface area contributed by atoms with Gasteiger partial charge in [-0.2, -0.15) is 0 Å². The highest BCUT2D eigenvalue weighted by molar-refractivity contribution is 7.98. The van der Waals surface area contributed by atoms with Crippen LogP contribution in [0.2, 0.25) is 0 Å². The highest BCUT2D eigenvalue weighted by atomic mass is 32.2. The summed E-state index contributed by atoms with van der Waals surface area (Å²) in [5.74, 6) is 6.69. The van der Waals surface area contributed by atoms with E-state index < -0.39 is 0 Å². The number of amides is 1. The monoisotopic (exact) mass is 468 g/mol. The van der Waals surface area contributed by atoms with Gasteiger partial charge < -0.3 is 5.84 Å². The molecule has 0 bridgehead atoms. The van der Waals surface area contributed by atoms with Crippen molar-refractivity contribution in [2.24, 2.45) is 0 Å². The molecule has 0 atom stereocenters. The van der Waals surface area contributed by atoms with Crippen molar-refractivity contribution in [2.45, 2.75) is 31.2 Å². The number of halogens is 1. The molecule has 164 valence electrons. The maximum Gasteiger partial charge on any atom is 0.230 e. The highest BCUT2D eigenvalue weighted by Crippen LogP contribution is 2.33. The summed E-state index contributed by atoms with van der Waals surface area (Å²) in [5.41, 5.74) is 3.41. The summed E-state index contributed by atoms with van der Waals surface area (Å²) in [4.78, 5) is 18.7. The van der Waals surface area contributed by atoms with E-state index in [0.717, 1.165) is 23.4 Å². The number of benzene rings is 2. The number of nitrogen functional groups attached to an aromatic ring is 1. The van der Waals surface area contributed by atoms with Gasteiger partial charge in [0.05, 0.1) is 11.4 Å². The molecule has 32 heavy (non-hydrogen) atoms. The lowest BCUT2D eigenvalue weighted by Crippen LogP contribution is -2.23. The van der Waals surface area contributed by atoms with Gasteiger partial charge in [0.1, 0.15) is 5.82 Å². The Labute approximate surface area is 193 Å². The Morgan fingerprint density at radius 1 is 1.19 bits per heavy atom. The van der Waals surface area contributed by atoms with Crippen LogP contribution in [-0.2, 0) is 17.0 Å². The Kier molecular flexibility index (Phi) is 6.52. The molecule has 0 radical (unpaired) electrons. The second kappa shape index (κ2) is 9.49. The molecule has 0 spiro atoms. The zero-order chi connectivity index (χ0) is 22.7. The lowest BCUT2D eigenvalue weighted by atomic mass is 10.1. The van der Waals surface area contributed by atoms with Gasteiger partial charge in [0.25, 0.3) is 0 Å². The molecule has 10 heteroatoms. The normalized spacial score (nSPS) is 11.0. The summed E-state index contributed by atoms with van der Waals surface area (Å²) >= 11 is 2.80. The van der Waals surface area contributed by atoms with Gasteiger partial charge in [-0.3, -0.25) is 9.69 Å². The molecular formula is C22H21FN6OS2. The van der Waals surface area contributed by atoms with Crippen LogP contribution in [0, 0.1) is 5.82 Å². The minimum absolute atomic E-state index is 0.0925. The number of nitrogens with two attached hydrogens (primary N) is 1. The minimum atomic E-state index is -0.327. The molecule has 2 heterocycles. The fourth-order valence-corrected chi connectivity index (χ4v) is 4.94. The third-order valence-electron chi connectivity index (χ3n) is 4.78. The molecule has 0 aliphatic heterocycles. The molecule has 0 saturated carbocycles. The van der Waals surface area contributed by atoms with E-state index in [1.165, 1.54) is 46.8 Å². The lowest BCUT2D eigenvalue weighted by molar-refractivity contribution is -0.115. The largest absolute Gasteiger partial charge is 0.335 e. The zero-order valence-corrected chi connectivity index (χ0v) is 19.2. The van der Waals surface area contributed by atoms with Crippen LogP contribution < -0.4 is 10.7 Å². The summed E-state index contributed by atoms with van der Waals surface area (Å²) in [5, 5.41) is 11.3. The van der Waals surface area contributed by atoms with Gasteiger partial charge in [-0.1, -0.05) is 36.9 Å². The second-order valence-corrected chi connectivity index (χ2v) is 8.71. The average Bonchev–Trinajstić information content (AvgIpc) is 3.40. The van der Waals surface area contributed by atoms with Crippen molar-refractivity contribution < 1.29 is 9.18 Å². The third-order valence-corrected chi connectivity index (χ3v) is 6.63. The van der Waals surface area contributed by atoms with Gasteiger partial charge in [-0.25, -0.2) is 14.1 Å². The third kappa shape index (κ3) is 4.51. The van der Waals surface area contributed by atoms with Crippen LogP contribution in [0.3, 0.4) is 0 Å². The van der Waals surface area contributed by atoms with Crippen LogP contribution in [0.25, 0.3) is 11.4 Å². The van der Waals surface area contributed by atoms with Crippen LogP contribution in [-0.4, -0.2) is 25.8 Å². The molecule has 0 fully saturated rings. The number of hydrogen-bond acceptors (Lipinski definition) is 7. The molecule has 0 aliphatic rings. The fourth-order valence-electron chi connectivity index (χ4n) is 3.21. The second-order valence-electron chi connectivity index (χ2n) is 6.93. The van der Waals surface area contributed by atoms with Crippen LogP contribution in [0.5, 0.6) is 0 Å². The molecule has 2 aromatic heterocycles. The molecule has 7 nitrogen and oxygen atoms in total. The fraction of sp³-hybridized carbons (Fsp3) is 0.182. The van der Waals surface area contributed by atoms with E-state index in [1.807, 2.05) is 29.6 Å². The number of thioether (sulfide) groups is 1. The average molecular weight is 469 g/mol. The van der Waals surface area contributed by atoms with Gasteiger partial charge >= 0.3 is 0 Å². The number of thiazole rings is 1. The number of hydrogen-bond donors (Lipinski definition) is 1. The SMILES string of the molecule is CCc1ccccc1N(C(C)=O)c1nc(CSc2nnc(-c3ccc(F)cc3)n2N)cs1. The van der Waals surface area contributed by atoms with E-state index in [9.17, 15) is 9.18 Å². The van der Waals surface area contributed by atoms with Gasteiger partial charge in [-0.05, 0) is 42.3 Å². The van der Waals surface area contributed by atoms with Gasteiger partial charge in [0.15, 0.2) is 11.0 Å². The van der Waals surface area contributed by atoms with E-state index in [0.29, 0.717) is 27.4 Å². The van der Waals surface area contributed by atoms with E-state index in [-0.39, 0.29) is 11.7 Å². The van der Waals surface area contributed by atoms with Crippen molar-refractivity contribution in [2.75, 3.05) is 10.7 Å². The van der Waals surface area contributed by atoms with E-state index in [4.69, 9.17) is 5.84 Å². The smallest absolute Gasteiger partial charge is 0.230 e. The van der Waals surface area contributed by atoms with Crippen LogP contribution in [0.1, 0.15) is 25.1 Å². The number of aryl methyl sites for hydroxylation is 1. The first-order chi connectivity index (χ1) is 15.5. The summed E-state index contributed by atoms with van der Waals surface area (Å²) in [6.45, 7) is 3.60. The molecule has 2 aromatic carbocycles. The molecule has 4 aromatic rings. The summed E-state index contributed by atoms with van der Waals surface area (Å²) < 4.78 is 14.5. The molecule has 4 rings (SSSR count). The van der Waals surface area contributed by atoms with E-state index in [1.54, 1.807) is 17.0 Å². The first-order valence-electron chi connectivity index (χ1n) is 9.90. The van der Waals surface area contributed by atoms with Gasteiger partial charge in [0.2, 0.25) is 11.1 Å². The first-order valence-corrected chi connectivity index (χ1v) is 11.8. The molecule has 0 unspecified atom stereocenters. The number of rotatable bonds is 7. The predicted molar refractivity (Wildman–Crippen MR) is 126 cm³/mol. The minimum Gasteiger partial charge on any atom is -0.335 e. The summed E-state index contributed by atoms with van der Waals surface area (Å²) in [6.07, 6.45) is 0.816. The van der Waals surface area contributed by atoms with Gasteiger partial charge in [0, 0.05) is 23.6 Å². The number of carbonyl (C=O) groups excluding carboxylic acids is 1. The first kappa shape index (κ1) is 22.0. The van der Waals surface area contributed by atoms with Crippen LogP contribution in [0.4, 0.5) is 15.2 Å². The van der Waals surface area contributed by atoms with Crippen LogP contribution >= 0.6 is 23.1 Å². The topological polar surface area (TPSA) is 89.9 Å². The number of carbonyl (C=O) groups is 1. The molecule has 1 amide bonds. The Bertz CT molecular complexity index is 1240. The number of anilines is 2. The Hall–Kier alpha value is -3.24. The lowest BCUT2D eigenvalue weighted by Gasteiger charge is -2.20. The number of nitrogens with zero attached hydrogens (tertiary/aromatic N) is 5. The molecule has 0 aliphatic carbocycles. The van der Waals surface area contributed by atoms with Crippen molar-refractivity contribution >= 4 is 39.8 Å². The quantitative estimate of drug-likeness (QED) is 0.310. The van der Waals surface area contributed by atoms with Crippen molar-refractivity contribution in [3.63, 3.8) is 0 Å². The number of aromatic nitrogens is 4. The summed E-state index contributed by atoms with van der Waals surface area (Å²) in [7, 11) is 0. The Morgan fingerprint density at radius 3 is 2.66 bits per heavy atom.